The Hall–Kier alpha value is -2.50. The van der Waals surface area contributed by atoms with Gasteiger partial charge in [-0.15, -0.1) is 0 Å². The highest BCUT2D eigenvalue weighted by Crippen LogP contribution is 2.41. The van der Waals surface area contributed by atoms with Crippen molar-refractivity contribution in [3.8, 4) is 11.5 Å². The molecule has 2 N–H and O–H groups in total. The van der Waals surface area contributed by atoms with E-state index in [1.54, 1.807) is 13.0 Å². The maximum absolute atomic E-state index is 12.5. The minimum atomic E-state index is -0.626. The number of ether oxygens (including phenoxy) is 1. The third-order valence-electron chi connectivity index (χ3n) is 4.51. The molecule has 1 amide bonds. The highest BCUT2D eigenvalue weighted by molar-refractivity contribution is 6.18. The summed E-state index contributed by atoms with van der Waals surface area (Å²) in [5, 5.41) is 19.6. The van der Waals surface area contributed by atoms with Crippen LogP contribution in [0.2, 0.25) is 0 Å². The molecule has 6 heteroatoms. The van der Waals surface area contributed by atoms with E-state index in [4.69, 9.17) is 4.74 Å². The number of phenolic OH excluding ortho intramolecular Hbond substituents is 1. The number of aliphatic hydroxyl groups is 1. The number of benzene rings is 1. The molecule has 2 atom stereocenters. The molecule has 0 saturated heterocycles. The number of aromatic hydroxyl groups is 1. The second kappa shape index (κ2) is 8.05. The molecule has 0 aromatic heterocycles. The van der Waals surface area contributed by atoms with Crippen molar-refractivity contribution in [3.63, 3.8) is 0 Å². The van der Waals surface area contributed by atoms with E-state index in [0.717, 1.165) is 25.7 Å². The standard InChI is InChI=1S/C19H25NO5/c1-4-5-6-7-12(2)25-14-8-16-18(17(23)9-14)19(24)15(10-21)13(3)20(16)11-22/h8-13,21,23H,4-7H2,1-3H3. The van der Waals surface area contributed by atoms with Crippen LogP contribution in [0.4, 0.5) is 5.69 Å². The molecular formula is C19H25NO5. The van der Waals surface area contributed by atoms with Crippen molar-refractivity contribution < 1.29 is 24.5 Å². The number of hydrogen-bond donors (Lipinski definition) is 2. The Morgan fingerprint density at radius 1 is 1.36 bits per heavy atom. The maximum Gasteiger partial charge on any atom is 0.214 e. The highest BCUT2D eigenvalue weighted by atomic mass is 16.5. The fraction of sp³-hybridized carbons (Fsp3) is 0.474. The second-order valence-corrected chi connectivity index (χ2v) is 6.36. The molecule has 0 radical (unpaired) electrons. The number of aliphatic hydroxyl groups excluding tert-OH is 1. The van der Waals surface area contributed by atoms with Crippen LogP contribution in [0.15, 0.2) is 24.0 Å². The maximum atomic E-state index is 12.5. The Balaban J connectivity index is 2.35. The first-order valence-corrected chi connectivity index (χ1v) is 8.60. The normalized spacial score (nSPS) is 19.6. The van der Waals surface area contributed by atoms with Crippen LogP contribution in [0.25, 0.3) is 0 Å². The summed E-state index contributed by atoms with van der Waals surface area (Å²) in [7, 11) is 0. The first-order valence-electron chi connectivity index (χ1n) is 8.60. The van der Waals surface area contributed by atoms with Crippen LogP contribution in [0.3, 0.4) is 0 Å². The number of hydrogen-bond acceptors (Lipinski definition) is 5. The van der Waals surface area contributed by atoms with Gasteiger partial charge in [-0.25, -0.2) is 0 Å². The summed E-state index contributed by atoms with van der Waals surface area (Å²) in [6, 6.07) is 2.34. The zero-order chi connectivity index (χ0) is 18.6. The van der Waals surface area contributed by atoms with E-state index in [9.17, 15) is 19.8 Å². The fourth-order valence-corrected chi connectivity index (χ4v) is 3.07. The minimum absolute atomic E-state index is 0.00325. The number of unbranched alkanes of at least 4 members (excludes halogenated alkanes) is 2. The molecule has 1 aromatic carbocycles. The molecule has 0 aliphatic carbocycles. The van der Waals surface area contributed by atoms with Crippen molar-refractivity contribution in [1.29, 1.82) is 0 Å². The zero-order valence-corrected chi connectivity index (χ0v) is 14.9. The Morgan fingerprint density at radius 2 is 2.08 bits per heavy atom. The average molecular weight is 347 g/mol. The summed E-state index contributed by atoms with van der Waals surface area (Å²) in [4.78, 5) is 25.3. The lowest BCUT2D eigenvalue weighted by Gasteiger charge is -2.33. The summed E-state index contributed by atoms with van der Waals surface area (Å²) >= 11 is 0. The Bertz CT molecular complexity index is 683. The van der Waals surface area contributed by atoms with Gasteiger partial charge in [0, 0.05) is 12.1 Å². The first kappa shape index (κ1) is 18.8. The van der Waals surface area contributed by atoms with Crippen molar-refractivity contribution in [3.05, 3.63) is 29.5 Å². The van der Waals surface area contributed by atoms with Crippen molar-refractivity contribution in [2.45, 2.75) is 58.6 Å². The second-order valence-electron chi connectivity index (χ2n) is 6.36. The van der Waals surface area contributed by atoms with E-state index in [0.29, 0.717) is 18.4 Å². The van der Waals surface area contributed by atoms with E-state index in [-0.39, 0.29) is 28.7 Å². The number of fused-ring (bicyclic) bond motifs is 1. The van der Waals surface area contributed by atoms with E-state index in [2.05, 4.69) is 6.92 Å². The molecule has 0 saturated carbocycles. The van der Waals surface area contributed by atoms with Gasteiger partial charge in [-0.2, -0.15) is 0 Å². The van der Waals surface area contributed by atoms with E-state index >= 15 is 0 Å². The molecule has 1 aliphatic heterocycles. The molecule has 1 aliphatic rings. The van der Waals surface area contributed by atoms with Gasteiger partial charge in [-0.3, -0.25) is 9.59 Å². The topological polar surface area (TPSA) is 87.1 Å². The van der Waals surface area contributed by atoms with Crippen LogP contribution < -0.4 is 9.64 Å². The number of amides is 1. The molecule has 136 valence electrons. The molecule has 2 rings (SSSR count). The average Bonchev–Trinajstić information content (AvgIpc) is 2.55. The number of carbonyl (C=O) groups is 2. The molecule has 6 nitrogen and oxygen atoms in total. The predicted octanol–water partition coefficient (Wildman–Crippen LogP) is 3.73. The van der Waals surface area contributed by atoms with Crippen LogP contribution in [0.5, 0.6) is 11.5 Å². The lowest BCUT2D eigenvalue weighted by Crippen LogP contribution is -2.40. The van der Waals surface area contributed by atoms with Crippen molar-refractivity contribution >= 4 is 17.9 Å². The van der Waals surface area contributed by atoms with Gasteiger partial charge in [0.25, 0.3) is 0 Å². The third kappa shape index (κ3) is 3.78. The Kier molecular flexibility index (Phi) is 6.07. The molecular weight excluding hydrogens is 322 g/mol. The number of carbonyl (C=O) groups excluding carboxylic acids is 2. The third-order valence-corrected chi connectivity index (χ3v) is 4.51. The summed E-state index contributed by atoms with van der Waals surface area (Å²) in [6.45, 7) is 5.72. The van der Waals surface area contributed by atoms with E-state index < -0.39 is 11.8 Å². The molecule has 0 spiro atoms. The van der Waals surface area contributed by atoms with Gasteiger partial charge in [-0.1, -0.05) is 19.8 Å². The van der Waals surface area contributed by atoms with E-state index in [1.807, 2.05) is 6.92 Å². The van der Waals surface area contributed by atoms with Gasteiger partial charge in [0.15, 0.2) is 5.78 Å². The summed E-state index contributed by atoms with van der Waals surface area (Å²) in [5.41, 5.74) is 0.335. The van der Waals surface area contributed by atoms with Gasteiger partial charge in [-0.05, 0) is 26.7 Å². The molecule has 1 heterocycles. The number of phenols is 1. The van der Waals surface area contributed by atoms with Gasteiger partial charge in [0.2, 0.25) is 6.41 Å². The number of nitrogens with zero attached hydrogens (tertiary/aromatic N) is 1. The number of anilines is 1. The lowest BCUT2D eigenvalue weighted by molar-refractivity contribution is -0.107. The molecule has 1 aromatic rings. The van der Waals surface area contributed by atoms with Crippen molar-refractivity contribution in [1.82, 2.24) is 0 Å². The van der Waals surface area contributed by atoms with Crippen LogP contribution in [0, 0.1) is 0 Å². The molecule has 25 heavy (non-hydrogen) atoms. The van der Waals surface area contributed by atoms with Crippen LogP contribution in [0.1, 0.15) is 56.8 Å². The largest absolute Gasteiger partial charge is 0.515 e. The highest BCUT2D eigenvalue weighted by Gasteiger charge is 2.36. The summed E-state index contributed by atoms with van der Waals surface area (Å²) < 4.78 is 5.85. The molecule has 2 unspecified atom stereocenters. The SMILES string of the molecule is CCCCCC(C)Oc1cc(O)c2c(c1)N(C=O)C(C)C(=CO)C2=O. The predicted molar refractivity (Wildman–Crippen MR) is 95.4 cm³/mol. The molecule has 0 fully saturated rings. The quantitative estimate of drug-likeness (QED) is 0.340. The van der Waals surface area contributed by atoms with Gasteiger partial charge in [0.05, 0.1) is 35.2 Å². The van der Waals surface area contributed by atoms with Crippen LogP contribution in [-0.2, 0) is 4.79 Å². The van der Waals surface area contributed by atoms with Crippen LogP contribution >= 0.6 is 0 Å². The summed E-state index contributed by atoms with van der Waals surface area (Å²) in [6.07, 6.45) is 5.41. The number of Topliss-reactive ketones (excluding diaryl/α,β-unsaturated/α-hetero) is 1. The van der Waals surface area contributed by atoms with Crippen molar-refractivity contribution in [2.24, 2.45) is 0 Å². The van der Waals surface area contributed by atoms with Gasteiger partial charge >= 0.3 is 0 Å². The zero-order valence-electron chi connectivity index (χ0n) is 14.9. The Morgan fingerprint density at radius 3 is 2.68 bits per heavy atom. The monoisotopic (exact) mass is 347 g/mol. The summed E-state index contributed by atoms with van der Waals surface area (Å²) in [5.74, 6) is -0.358. The number of ketones is 1. The lowest BCUT2D eigenvalue weighted by atomic mass is 9.90. The fourth-order valence-electron chi connectivity index (χ4n) is 3.07. The van der Waals surface area contributed by atoms with Gasteiger partial charge < -0.3 is 19.8 Å². The van der Waals surface area contributed by atoms with Crippen LogP contribution in [-0.4, -0.2) is 34.6 Å². The first-order chi connectivity index (χ1) is 11.9. The smallest absolute Gasteiger partial charge is 0.214 e. The molecule has 0 bridgehead atoms. The minimum Gasteiger partial charge on any atom is -0.515 e. The Labute approximate surface area is 147 Å². The van der Waals surface area contributed by atoms with Gasteiger partial charge in [0.1, 0.15) is 11.5 Å². The number of rotatable bonds is 7. The van der Waals surface area contributed by atoms with Crippen molar-refractivity contribution in [2.75, 3.05) is 4.90 Å². The van der Waals surface area contributed by atoms with E-state index in [1.165, 1.54) is 11.0 Å².